The zero-order chi connectivity index (χ0) is 10.5. The molecule has 2 aliphatic carbocycles. The monoisotopic (exact) mass is 197 g/mol. The molecule has 0 bridgehead atoms. The van der Waals surface area contributed by atoms with Gasteiger partial charge in [0.05, 0.1) is 11.8 Å². The molecule has 0 saturated heterocycles. The molecule has 4 heteroatoms. The summed E-state index contributed by atoms with van der Waals surface area (Å²) in [7, 11) is 0. The van der Waals surface area contributed by atoms with Gasteiger partial charge >= 0.3 is 5.97 Å². The van der Waals surface area contributed by atoms with Crippen LogP contribution in [0, 0.1) is 17.3 Å². The molecule has 4 nitrogen and oxygen atoms in total. The van der Waals surface area contributed by atoms with Crippen LogP contribution < -0.4 is 5.32 Å². The predicted octanol–water partition coefficient (Wildman–Crippen LogP) is 0.622. The predicted molar refractivity (Wildman–Crippen MR) is 49.6 cm³/mol. The van der Waals surface area contributed by atoms with Crippen LogP contribution in [0.25, 0.3) is 0 Å². The largest absolute Gasteiger partial charge is 0.481 e. The number of amides is 1. The Hall–Kier alpha value is -1.06. The summed E-state index contributed by atoms with van der Waals surface area (Å²) in [5, 5.41) is 11.7. The normalized spacial score (nSPS) is 33.6. The van der Waals surface area contributed by atoms with Crippen molar-refractivity contribution < 1.29 is 14.7 Å². The fraction of sp³-hybridized carbons (Fsp3) is 0.800. The Morgan fingerprint density at radius 2 is 1.86 bits per heavy atom. The maximum absolute atomic E-state index is 11.6. The van der Waals surface area contributed by atoms with Gasteiger partial charge in [-0.2, -0.15) is 0 Å². The summed E-state index contributed by atoms with van der Waals surface area (Å²) in [6.07, 6.45) is 2.08. The van der Waals surface area contributed by atoms with Gasteiger partial charge in [-0.3, -0.25) is 9.59 Å². The van der Waals surface area contributed by atoms with Gasteiger partial charge in [-0.05, 0) is 18.3 Å². The number of carboxylic acid groups (broad SMARTS) is 1. The molecule has 0 radical (unpaired) electrons. The zero-order valence-electron chi connectivity index (χ0n) is 8.41. The molecule has 0 heterocycles. The smallest absolute Gasteiger partial charge is 0.307 e. The van der Waals surface area contributed by atoms with Gasteiger partial charge in [0.25, 0.3) is 0 Å². The van der Waals surface area contributed by atoms with Gasteiger partial charge in [-0.25, -0.2) is 0 Å². The zero-order valence-corrected chi connectivity index (χ0v) is 8.41. The van der Waals surface area contributed by atoms with E-state index in [1.54, 1.807) is 0 Å². The van der Waals surface area contributed by atoms with Crippen molar-refractivity contribution in [2.24, 2.45) is 17.3 Å². The molecule has 0 aliphatic heterocycles. The molecule has 0 aromatic heterocycles. The lowest BCUT2D eigenvalue weighted by atomic mass is 10.1. The molecule has 1 amide bonds. The first-order valence-electron chi connectivity index (χ1n) is 4.98. The van der Waals surface area contributed by atoms with Gasteiger partial charge in [-0.1, -0.05) is 13.8 Å². The number of nitrogens with one attached hydrogen (secondary N) is 1. The molecule has 2 aliphatic rings. The third-order valence-corrected chi connectivity index (χ3v) is 3.30. The van der Waals surface area contributed by atoms with E-state index in [2.05, 4.69) is 5.32 Å². The lowest BCUT2D eigenvalue weighted by Crippen LogP contribution is -2.29. The number of aliphatic carboxylic acids is 1. The summed E-state index contributed by atoms with van der Waals surface area (Å²) in [6.45, 7) is 3.67. The highest BCUT2D eigenvalue weighted by atomic mass is 16.4. The minimum absolute atomic E-state index is 0.0788. The van der Waals surface area contributed by atoms with Crippen molar-refractivity contribution >= 4 is 11.9 Å². The molecule has 0 aromatic carbocycles. The minimum Gasteiger partial charge on any atom is -0.481 e. The van der Waals surface area contributed by atoms with Crippen LogP contribution in [0.15, 0.2) is 0 Å². The van der Waals surface area contributed by atoms with Crippen LogP contribution in [0.4, 0.5) is 0 Å². The summed E-state index contributed by atoms with van der Waals surface area (Å²) >= 11 is 0. The van der Waals surface area contributed by atoms with E-state index in [-0.39, 0.29) is 17.2 Å². The lowest BCUT2D eigenvalue weighted by molar-refractivity contribution is -0.140. The van der Waals surface area contributed by atoms with Gasteiger partial charge in [-0.15, -0.1) is 0 Å². The first-order valence-corrected chi connectivity index (χ1v) is 4.98. The van der Waals surface area contributed by atoms with Crippen LogP contribution in [-0.2, 0) is 9.59 Å². The van der Waals surface area contributed by atoms with Crippen LogP contribution in [0.1, 0.15) is 26.7 Å². The van der Waals surface area contributed by atoms with Crippen LogP contribution in [-0.4, -0.2) is 23.0 Å². The molecule has 2 fully saturated rings. The van der Waals surface area contributed by atoms with Gasteiger partial charge in [0.1, 0.15) is 0 Å². The molecule has 0 unspecified atom stereocenters. The second kappa shape index (κ2) is 2.72. The van der Waals surface area contributed by atoms with Crippen LogP contribution in [0.5, 0.6) is 0 Å². The molecular formula is C10H15NO3. The standard InChI is InChI=1S/C10H15NO3/c1-10(2)6(7(10)9(13)14)8(12)11-5-3-4-5/h5-7H,3-4H2,1-2H3,(H,11,12)(H,13,14)/t6-,7+/m1/s1. The number of carbonyl (C=O) groups excluding carboxylic acids is 1. The fourth-order valence-corrected chi connectivity index (χ4v) is 2.11. The van der Waals surface area contributed by atoms with Crippen LogP contribution in [0.2, 0.25) is 0 Å². The van der Waals surface area contributed by atoms with Crippen molar-refractivity contribution in [2.45, 2.75) is 32.7 Å². The Morgan fingerprint density at radius 3 is 2.21 bits per heavy atom. The molecule has 2 atom stereocenters. The lowest BCUT2D eigenvalue weighted by Gasteiger charge is -2.03. The quantitative estimate of drug-likeness (QED) is 0.697. The molecular weight excluding hydrogens is 182 g/mol. The summed E-state index contributed by atoms with van der Waals surface area (Å²) in [6, 6.07) is 0.313. The van der Waals surface area contributed by atoms with Crippen molar-refractivity contribution in [2.75, 3.05) is 0 Å². The highest BCUT2D eigenvalue weighted by Crippen LogP contribution is 2.58. The molecule has 2 N–H and O–H groups in total. The highest BCUT2D eigenvalue weighted by Gasteiger charge is 2.66. The average molecular weight is 197 g/mol. The topological polar surface area (TPSA) is 66.4 Å². The average Bonchev–Trinajstić information content (AvgIpc) is 2.87. The van der Waals surface area contributed by atoms with Crippen molar-refractivity contribution in [1.29, 1.82) is 0 Å². The fourth-order valence-electron chi connectivity index (χ4n) is 2.11. The van der Waals surface area contributed by atoms with E-state index >= 15 is 0 Å². The second-order valence-electron chi connectivity index (χ2n) is 4.90. The van der Waals surface area contributed by atoms with Crippen LogP contribution in [0.3, 0.4) is 0 Å². The van der Waals surface area contributed by atoms with E-state index in [0.717, 1.165) is 12.8 Å². The van der Waals surface area contributed by atoms with Crippen molar-refractivity contribution in [1.82, 2.24) is 5.32 Å². The van der Waals surface area contributed by atoms with Gasteiger partial charge in [0.2, 0.25) is 5.91 Å². The molecule has 14 heavy (non-hydrogen) atoms. The van der Waals surface area contributed by atoms with Crippen molar-refractivity contribution in [3.63, 3.8) is 0 Å². The Morgan fingerprint density at radius 1 is 1.29 bits per heavy atom. The van der Waals surface area contributed by atoms with E-state index in [0.29, 0.717) is 6.04 Å². The summed E-state index contributed by atoms with van der Waals surface area (Å²) < 4.78 is 0. The maximum atomic E-state index is 11.6. The third kappa shape index (κ3) is 1.38. The van der Waals surface area contributed by atoms with Crippen LogP contribution >= 0.6 is 0 Å². The maximum Gasteiger partial charge on any atom is 0.307 e. The summed E-state index contributed by atoms with van der Waals surface area (Å²) in [5.41, 5.74) is -0.370. The first-order chi connectivity index (χ1) is 6.44. The number of hydrogen-bond donors (Lipinski definition) is 2. The number of rotatable bonds is 3. The number of carboxylic acids is 1. The Bertz CT molecular complexity index is 294. The number of hydrogen-bond acceptors (Lipinski definition) is 2. The van der Waals surface area contributed by atoms with E-state index < -0.39 is 11.9 Å². The Balaban J connectivity index is 1.98. The molecule has 0 spiro atoms. The van der Waals surface area contributed by atoms with E-state index in [1.165, 1.54) is 0 Å². The van der Waals surface area contributed by atoms with Crippen molar-refractivity contribution in [3.8, 4) is 0 Å². The van der Waals surface area contributed by atoms with Gasteiger partial charge in [0.15, 0.2) is 0 Å². The highest BCUT2D eigenvalue weighted by molar-refractivity contribution is 5.91. The summed E-state index contributed by atoms with van der Waals surface area (Å²) in [4.78, 5) is 22.4. The Labute approximate surface area is 82.7 Å². The van der Waals surface area contributed by atoms with Gasteiger partial charge < -0.3 is 10.4 Å². The van der Waals surface area contributed by atoms with E-state index in [9.17, 15) is 9.59 Å². The minimum atomic E-state index is -0.856. The van der Waals surface area contributed by atoms with E-state index in [1.807, 2.05) is 13.8 Å². The SMILES string of the molecule is CC1(C)[C@H](C(=O)O)[C@@H]1C(=O)NC1CC1. The van der Waals surface area contributed by atoms with Crippen molar-refractivity contribution in [3.05, 3.63) is 0 Å². The molecule has 78 valence electrons. The summed E-state index contributed by atoms with van der Waals surface area (Å²) in [5.74, 6) is -1.77. The Kier molecular flexibility index (Phi) is 1.84. The first kappa shape index (κ1) is 9.49. The van der Waals surface area contributed by atoms with E-state index in [4.69, 9.17) is 5.11 Å². The molecule has 2 saturated carbocycles. The molecule has 2 rings (SSSR count). The molecule has 0 aromatic rings. The third-order valence-electron chi connectivity index (χ3n) is 3.30. The number of carbonyl (C=O) groups is 2. The van der Waals surface area contributed by atoms with Gasteiger partial charge in [0, 0.05) is 6.04 Å². The second-order valence-corrected chi connectivity index (χ2v) is 4.90.